The van der Waals surface area contributed by atoms with Crippen LogP contribution in [-0.4, -0.2) is 16.0 Å². The van der Waals surface area contributed by atoms with Gasteiger partial charge in [-0.1, -0.05) is 20.3 Å². The molecule has 15 heavy (non-hydrogen) atoms. The van der Waals surface area contributed by atoms with Crippen molar-refractivity contribution < 1.29 is 0 Å². The Balaban J connectivity index is 2.12. The van der Waals surface area contributed by atoms with Crippen molar-refractivity contribution in [2.75, 3.05) is 5.32 Å². The topological polar surface area (TPSA) is 37.8 Å². The first-order chi connectivity index (χ1) is 7.09. The van der Waals surface area contributed by atoms with E-state index in [9.17, 15) is 0 Å². The fourth-order valence-corrected chi connectivity index (χ4v) is 2.63. The first kappa shape index (κ1) is 11.1. The third-order valence-corrected chi connectivity index (χ3v) is 4.03. The van der Waals surface area contributed by atoms with Gasteiger partial charge < -0.3 is 5.32 Å². The second kappa shape index (κ2) is 4.23. The summed E-state index contributed by atoms with van der Waals surface area (Å²) < 4.78 is 1.10. The number of hydrogen-bond donors (Lipinski definition) is 1. The molecule has 0 aromatic carbocycles. The Morgan fingerprint density at radius 1 is 1.53 bits per heavy atom. The minimum Gasteiger partial charge on any atom is -0.366 e. The zero-order chi connectivity index (χ0) is 10.9. The molecule has 1 aliphatic carbocycles. The second-order valence-corrected chi connectivity index (χ2v) is 5.96. The van der Waals surface area contributed by atoms with E-state index in [4.69, 9.17) is 0 Å². The highest BCUT2D eigenvalue weighted by Crippen LogP contribution is 2.39. The minimum atomic E-state index is 0.383. The van der Waals surface area contributed by atoms with E-state index in [0.29, 0.717) is 11.5 Å². The predicted molar refractivity (Wildman–Crippen MR) is 69.8 cm³/mol. The number of rotatable bonds is 2. The third kappa shape index (κ3) is 2.41. The molecule has 1 aliphatic rings. The third-order valence-electron chi connectivity index (χ3n) is 3.24. The predicted octanol–water partition coefficient (Wildman–Crippen LogP) is 3.07. The number of nitrogens with zero attached hydrogens (tertiary/aromatic N) is 2. The molecule has 0 radical (unpaired) electrons. The van der Waals surface area contributed by atoms with Gasteiger partial charge in [0, 0.05) is 12.2 Å². The van der Waals surface area contributed by atoms with Crippen molar-refractivity contribution in [3.63, 3.8) is 0 Å². The van der Waals surface area contributed by atoms with E-state index in [1.807, 2.05) is 6.20 Å². The molecule has 0 amide bonds. The molecule has 1 heterocycles. The Kier molecular flexibility index (Phi) is 3.13. The minimum absolute atomic E-state index is 0.383. The van der Waals surface area contributed by atoms with Gasteiger partial charge in [-0.25, -0.2) is 9.97 Å². The summed E-state index contributed by atoms with van der Waals surface area (Å²) in [5.74, 6) is 0.977. The Morgan fingerprint density at radius 2 is 2.33 bits per heavy atom. The summed E-state index contributed by atoms with van der Waals surface area (Å²) in [4.78, 5) is 8.27. The number of anilines is 1. The zero-order valence-corrected chi connectivity index (χ0v) is 11.3. The molecule has 0 spiro atoms. The molecule has 82 valence electrons. The molecule has 1 fully saturated rings. The molecule has 1 atom stereocenters. The first-order valence-corrected chi connectivity index (χ1v) is 6.39. The van der Waals surface area contributed by atoms with Crippen molar-refractivity contribution in [2.45, 2.75) is 39.2 Å². The normalized spacial score (nSPS) is 24.1. The van der Waals surface area contributed by atoms with Crippen molar-refractivity contribution in [1.29, 1.82) is 0 Å². The number of aromatic nitrogens is 2. The molecule has 1 aromatic rings. The second-order valence-electron chi connectivity index (χ2n) is 4.80. The van der Waals surface area contributed by atoms with Crippen molar-refractivity contribution >= 4 is 28.4 Å². The van der Waals surface area contributed by atoms with Gasteiger partial charge in [0.15, 0.2) is 0 Å². The lowest BCUT2D eigenvalue weighted by Crippen LogP contribution is -2.31. The van der Waals surface area contributed by atoms with Crippen LogP contribution in [0, 0.1) is 8.99 Å². The van der Waals surface area contributed by atoms with Gasteiger partial charge in [0.05, 0.1) is 3.57 Å². The lowest BCUT2D eigenvalue weighted by atomic mass is 9.87. The lowest BCUT2D eigenvalue weighted by Gasteiger charge is -2.28. The molecular formula is C11H16IN3. The summed E-state index contributed by atoms with van der Waals surface area (Å²) in [7, 11) is 0. The summed E-state index contributed by atoms with van der Waals surface area (Å²) in [6.45, 7) is 4.65. The average molecular weight is 317 g/mol. The number of halogens is 1. The van der Waals surface area contributed by atoms with E-state index in [1.165, 1.54) is 19.3 Å². The van der Waals surface area contributed by atoms with Crippen LogP contribution in [0.4, 0.5) is 5.82 Å². The highest BCUT2D eigenvalue weighted by Gasteiger charge is 2.34. The molecular weight excluding hydrogens is 301 g/mol. The Bertz CT molecular complexity index is 351. The van der Waals surface area contributed by atoms with E-state index in [-0.39, 0.29) is 0 Å². The van der Waals surface area contributed by atoms with Crippen LogP contribution in [-0.2, 0) is 0 Å². The van der Waals surface area contributed by atoms with E-state index < -0.39 is 0 Å². The largest absolute Gasteiger partial charge is 0.366 e. The van der Waals surface area contributed by atoms with Gasteiger partial charge >= 0.3 is 0 Å². The summed E-state index contributed by atoms with van der Waals surface area (Å²) in [5, 5.41) is 3.54. The van der Waals surface area contributed by atoms with E-state index in [2.05, 4.69) is 51.7 Å². The smallest absolute Gasteiger partial charge is 0.143 e. The molecule has 1 aromatic heterocycles. The Morgan fingerprint density at radius 3 is 2.93 bits per heavy atom. The maximum atomic E-state index is 4.28. The van der Waals surface area contributed by atoms with Gasteiger partial charge in [-0.2, -0.15) is 0 Å². The van der Waals surface area contributed by atoms with Crippen LogP contribution in [0.1, 0.15) is 33.1 Å². The summed E-state index contributed by atoms with van der Waals surface area (Å²) in [6, 6.07) is 0.543. The maximum absolute atomic E-state index is 4.28. The van der Waals surface area contributed by atoms with E-state index in [1.54, 1.807) is 6.33 Å². The SMILES string of the molecule is CC1(C)CCCC1Nc1ncncc1I. The first-order valence-electron chi connectivity index (χ1n) is 5.32. The van der Waals surface area contributed by atoms with E-state index >= 15 is 0 Å². The van der Waals surface area contributed by atoms with Crippen LogP contribution in [0.3, 0.4) is 0 Å². The van der Waals surface area contributed by atoms with Gasteiger partial charge in [-0.3, -0.25) is 0 Å². The van der Waals surface area contributed by atoms with Crippen molar-refractivity contribution in [2.24, 2.45) is 5.41 Å². The van der Waals surface area contributed by atoms with Crippen LogP contribution >= 0.6 is 22.6 Å². The molecule has 0 saturated heterocycles. The van der Waals surface area contributed by atoms with Gasteiger partial charge in [0.2, 0.25) is 0 Å². The lowest BCUT2D eigenvalue weighted by molar-refractivity contribution is 0.349. The quantitative estimate of drug-likeness (QED) is 0.852. The summed E-state index contributed by atoms with van der Waals surface area (Å²) >= 11 is 2.27. The molecule has 1 unspecified atom stereocenters. The van der Waals surface area contributed by atoms with E-state index in [0.717, 1.165) is 9.39 Å². The fourth-order valence-electron chi connectivity index (χ4n) is 2.18. The van der Waals surface area contributed by atoms with Crippen LogP contribution in [0.15, 0.2) is 12.5 Å². The number of nitrogens with one attached hydrogen (secondary N) is 1. The van der Waals surface area contributed by atoms with Crippen LogP contribution in [0.5, 0.6) is 0 Å². The molecule has 1 N–H and O–H groups in total. The van der Waals surface area contributed by atoms with Crippen molar-refractivity contribution in [3.05, 3.63) is 16.1 Å². The molecule has 1 saturated carbocycles. The number of hydrogen-bond acceptors (Lipinski definition) is 3. The standard InChI is InChI=1S/C11H16IN3/c1-11(2)5-3-4-9(11)15-10-8(12)6-13-7-14-10/h6-7,9H,3-5H2,1-2H3,(H,13,14,15). The molecule has 0 bridgehead atoms. The van der Waals surface area contributed by atoms with Crippen LogP contribution < -0.4 is 5.32 Å². The molecule has 4 heteroatoms. The highest BCUT2D eigenvalue weighted by atomic mass is 127. The highest BCUT2D eigenvalue weighted by molar-refractivity contribution is 14.1. The monoisotopic (exact) mass is 317 g/mol. The maximum Gasteiger partial charge on any atom is 0.143 e. The molecule has 2 rings (SSSR count). The summed E-state index contributed by atoms with van der Waals surface area (Å²) in [5.41, 5.74) is 0.383. The van der Waals surface area contributed by atoms with Gasteiger partial charge in [-0.05, 0) is 40.8 Å². The van der Waals surface area contributed by atoms with Crippen LogP contribution in [0.25, 0.3) is 0 Å². The van der Waals surface area contributed by atoms with Gasteiger partial charge in [0.1, 0.15) is 12.1 Å². The molecule has 3 nitrogen and oxygen atoms in total. The van der Waals surface area contributed by atoms with Gasteiger partial charge in [0.25, 0.3) is 0 Å². The van der Waals surface area contributed by atoms with Crippen LogP contribution in [0.2, 0.25) is 0 Å². The van der Waals surface area contributed by atoms with Crippen molar-refractivity contribution in [1.82, 2.24) is 9.97 Å². The zero-order valence-electron chi connectivity index (χ0n) is 9.13. The average Bonchev–Trinajstić information content (AvgIpc) is 2.50. The Hall–Kier alpha value is -0.390. The summed E-state index contributed by atoms with van der Waals surface area (Å²) in [6.07, 6.45) is 7.30. The molecule has 0 aliphatic heterocycles. The van der Waals surface area contributed by atoms with Crippen molar-refractivity contribution in [3.8, 4) is 0 Å². The van der Waals surface area contributed by atoms with Gasteiger partial charge in [-0.15, -0.1) is 0 Å². The Labute approximate surface area is 104 Å². The fraction of sp³-hybridized carbons (Fsp3) is 0.636.